The van der Waals surface area contributed by atoms with Crippen molar-refractivity contribution < 1.29 is 8.42 Å². The van der Waals surface area contributed by atoms with Crippen LogP contribution in [0.4, 0.5) is 0 Å². The summed E-state index contributed by atoms with van der Waals surface area (Å²) in [5.74, 6) is 0.740. The molecular formula is C13H14O2S. The molecule has 2 bridgehead atoms. The first-order valence-electron chi connectivity index (χ1n) is 5.65. The lowest BCUT2D eigenvalue weighted by atomic mass is 10.1. The summed E-state index contributed by atoms with van der Waals surface area (Å²) >= 11 is 0. The molecular weight excluding hydrogens is 220 g/mol. The molecule has 0 aliphatic heterocycles. The molecule has 3 heteroatoms. The van der Waals surface area contributed by atoms with Crippen molar-refractivity contribution in [3.63, 3.8) is 0 Å². The maximum atomic E-state index is 12.4. The number of sulfone groups is 1. The Bertz CT molecular complexity index is 516. The lowest BCUT2D eigenvalue weighted by Gasteiger charge is -2.18. The van der Waals surface area contributed by atoms with Crippen LogP contribution in [0.3, 0.4) is 0 Å². The van der Waals surface area contributed by atoms with E-state index in [1.807, 2.05) is 6.07 Å². The first-order valence-corrected chi connectivity index (χ1v) is 7.20. The van der Waals surface area contributed by atoms with Gasteiger partial charge in [-0.1, -0.05) is 30.4 Å². The Morgan fingerprint density at radius 2 is 1.75 bits per heavy atom. The summed E-state index contributed by atoms with van der Waals surface area (Å²) in [6.45, 7) is 0. The molecule has 0 spiro atoms. The van der Waals surface area contributed by atoms with Crippen molar-refractivity contribution >= 4 is 9.84 Å². The highest BCUT2D eigenvalue weighted by molar-refractivity contribution is 7.92. The van der Waals surface area contributed by atoms with Crippen molar-refractivity contribution in [1.82, 2.24) is 0 Å². The van der Waals surface area contributed by atoms with Crippen LogP contribution in [-0.2, 0) is 9.84 Å². The van der Waals surface area contributed by atoms with Crippen LogP contribution in [0.15, 0.2) is 47.4 Å². The average molecular weight is 234 g/mol. The quantitative estimate of drug-likeness (QED) is 0.736. The zero-order chi connectivity index (χ0) is 11.2. The van der Waals surface area contributed by atoms with Crippen LogP contribution in [0.5, 0.6) is 0 Å². The van der Waals surface area contributed by atoms with Crippen molar-refractivity contribution in [3.05, 3.63) is 42.5 Å². The molecule has 2 nitrogen and oxygen atoms in total. The Morgan fingerprint density at radius 3 is 2.31 bits per heavy atom. The fourth-order valence-corrected chi connectivity index (χ4v) is 4.92. The molecule has 16 heavy (non-hydrogen) atoms. The van der Waals surface area contributed by atoms with Gasteiger partial charge in [0.05, 0.1) is 10.1 Å². The maximum Gasteiger partial charge on any atom is 0.181 e. The Hall–Kier alpha value is -1.09. The van der Waals surface area contributed by atoms with E-state index in [9.17, 15) is 8.42 Å². The molecule has 1 saturated carbocycles. The molecule has 0 amide bonds. The molecule has 1 aromatic carbocycles. The van der Waals surface area contributed by atoms with Crippen LogP contribution in [0, 0.1) is 11.8 Å². The van der Waals surface area contributed by atoms with Gasteiger partial charge in [-0.05, 0) is 36.8 Å². The number of hydrogen-bond acceptors (Lipinski definition) is 2. The number of hydrogen-bond donors (Lipinski definition) is 0. The Balaban J connectivity index is 1.98. The van der Waals surface area contributed by atoms with Gasteiger partial charge >= 0.3 is 0 Å². The fraction of sp³-hybridized carbons (Fsp3) is 0.385. The predicted octanol–water partition coefficient (Wildman–Crippen LogP) is 2.42. The van der Waals surface area contributed by atoms with Crippen molar-refractivity contribution in [2.45, 2.75) is 23.0 Å². The summed E-state index contributed by atoms with van der Waals surface area (Å²) in [4.78, 5) is 0.473. The van der Waals surface area contributed by atoms with E-state index in [0.717, 1.165) is 12.8 Å². The second-order valence-electron chi connectivity index (χ2n) is 4.68. The average Bonchev–Trinajstić information content (AvgIpc) is 2.92. The Morgan fingerprint density at radius 1 is 1.00 bits per heavy atom. The van der Waals surface area contributed by atoms with Gasteiger partial charge in [0.15, 0.2) is 9.84 Å². The second-order valence-corrected chi connectivity index (χ2v) is 6.84. The fourth-order valence-electron chi connectivity index (χ4n) is 2.87. The van der Waals surface area contributed by atoms with E-state index in [1.165, 1.54) is 0 Å². The number of fused-ring (bicyclic) bond motifs is 2. The largest absolute Gasteiger partial charge is 0.223 e. The van der Waals surface area contributed by atoms with Gasteiger partial charge in [0.1, 0.15) is 0 Å². The van der Waals surface area contributed by atoms with Crippen molar-refractivity contribution in [3.8, 4) is 0 Å². The molecule has 0 heterocycles. The smallest absolute Gasteiger partial charge is 0.181 e. The van der Waals surface area contributed by atoms with E-state index in [0.29, 0.717) is 10.8 Å². The van der Waals surface area contributed by atoms with Crippen LogP contribution in [-0.4, -0.2) is 13.7 Å². The standard InChI is InChI=1S/C13H14O2S/c14-16(15,12-4-2-1-3-5-12)13-9-10-6-7-11(13)8-10/h1-7,10-11,13H,8-9H2/t10-,11+,13?/m1/s1. The summed E-state index contributed by atoms with van der Waals surface area (Å²) in [5.41, 5.74) is 0. The summed E-state index contributed by atoms with van der Waals surface area (Å²) in [7, 11) is -3.12. The minimum Gasteiger partial charge on any atom is -0.223 e. The zero-order valence-electron chi connectivity index (χ0n) is 8.91. The van der Waals surface area contributed by atoms with Gasteiger partial charge in [0.2, 0.25) is 0 Å². The molecule has 0 radical (unpaired) electrons. The van der Waals surface area contributed by atoms with Crippen molar-refractivity contribution in [1.29, 1.82) is 0 Å². The first kappa shape index (κ1) is 10.1. The molecule has 3 rings (SSSR count). The lowest BCUT2D eigenvalue weighted by Crippen LogP contribution is -2.25. The minimum absolute atomic E-state index is 0.190. The number of allylic oxidation sites excluding steroid dienone is 2. The SMILES string of the molecule is O=S(=O)(c1ccccc1)C1C[C@@H]2C=C[C@H]1C2. The molecule has 84 valence electrons. The summed E-state index contributed by atoms with van der Waals surface area (Å²) < 4.78 is 24.8. The van der Waals surface area contributed by atoms with Gasteiger partial charge in [-0.15, -0.1) is 0 Å². The van der Waals surface area contributed by atoms with Crippen LogP contribution in [0.2, 0.25) is 0 Å². The summed E-state index contributed by atoms with van der Waals surface area (Å²) in [5, 5.41) is -0.190. The molecule has 3 atom stereocenters. The Kier molecular flexibility index (Phi) is 2.18. The monoisotopic (exact) mass is 234 g/mol. The highest BCUT2D eigenvalue weighted by atomic mass is 32.2. The van der Waals surface area contributed by atoms with Crippen molar-refractivity contribution in [2.75, 3.05) is 0 Å². The molecule has 0 N–H and O–H groups in total. The topological polar surface area (TPSA) is 34.1 Å². The third-order valence-corrected chi connectivity index (χ3v) is 5.96. The zero-order valence-corrected chi connectivity index (χ0v) is 9.73. The van der Waals surface area contributed by atoms with Gasteiger partial charge in [-0.2, -0.15) is 0 Å². The molecule has 0 aromatic heterocycles. The molecule has 1 fully saturated rings. The van der Waals surface area contributed by atoms with Crippen LogP contribution < -0.4 is 0 Å². The van der Waals surface area contributed by atoms with E-state index in [-0.39, 0.29) is 11.2 Å². The van der Waals surface area contributed by atoms with Crippen LogP contribution in [0.25, 0.3) is 0 Å². The molecule has 1 aromatic rings. The van der Waals surface area contributed by atoms with Gasteiger partial charge in [0, 0.05) is 0 Å². The minimum atomic E-state index is -3.12. The van der Waals surface area contributed by atoms with E-state index >= 15 is 0 Å². The summed E-state index contributed by atoms with van der Waals surface area (Å²) in [6, 6.07) is 8.82. The van der Waals surface area contributed by atoms with E-state index < -0.39 is 9.84 Å². The van der Waals surface area contributed by atoms with Crippen LogP contribution in [0.1, 0.15) is 12.8 Å². The molecule has 2 aliphatic carbocycles. The van der Waals surface area contributed by atoms with Gasteiger partial charge < -0.3 is 0 Å². The maximum absolute atomic E-state index is 12.4. The first-order chi connectivity index (χ1) is 7.68. The third kappa shape index (κ3) is 1.42. The normalized spacial score (nSPS) is 32.1. The highest BCUT2D eigenvalue weighted by Gasteiger charge is 2.43. The van der Waals surface area contributed by atoms with Gasteiger partial charge in [-0.3, -0.25) is 0 Å². The number of benzene rings is 1. The third-order valence-electron chi connectivity index (χ3n) is 3.69. The Labute approximate surface area is 95.9 Å². The van der Waals surface area contributed by atoms with Crippen LogP contribution >= 0.6 is 0 Å². The molecule has 1 unspecified atom stereocenters. The summed E-state index contributed by atoms with van der Waals surface area (Å²) in [6.07, 6.45) is 6.08. The molecule has 2 aliphatic rings. The van der Waals surface area contributed by atoms with E-state index in [2.05, 4.69) is 12.2 Å². The van der Waals surface area contributed by atoms with Gasteiger partial charge in [0.25, 0.3) is 0 Å². The molecule has 0 saturated heterocycles. The number of rotatable bonds is 2. The lowest BCUT2D eigenvalue weighted by molar-refractivity contribution is 0.561. The van der Waals surface area contributed by atoms with E-state index in [1.54, 1.807) is 24.3 Å². The second kappa shape index (κ2) is 3.45. The highest BCUT2D eigenvalue weighted by Crippen LogP contribution is 2.44. The van der Waals surface area contributed by atoms with Gasteiger partial charge in [-0.25, -0.2) is 8.42 Å². The van der Waals surface area contributed by atoms with E-state index in [4.69, 9.17) is 0 Å². The predicted molar refractivity (Wildman–Crippen MR) is 62.8 cm³/mol. The van der Waals surface area contributed by atoms with Crippen molar-refractivity contribution in [2.24, 2.45) is 11.8 Å².